The summed E-state index contributed by atoms with van der Waals surface area (Å²) in [5, 5.41) is 0. The summed E-state index contributed by atoms with van der Waals surface area (Å²) in [6.45, 7) is 3.72. The Morgan fingerprint density at radius 3 is 2.15 bits per heavy atom. The highest BCUT2D eigenvalue weighted by Gasteiger charge is 2.51. The van der Waals surface area contributed by atoms with Gasteiger partial charge < -0.3 is 10.5 Å². The minimum absolute atomic E-state index is 0. The lowest BCUT2D eigenvalue weighted by molar-refractivity contribution is -0.157. The van der Waals surface area contributed by atoms with Crippen molar-refractivity contribution in [3.05, 3.63) is 0 Å². The molecule has 2 N–H and O–H groups in total. The van der Waals surface area contributed by atoms with Crippen molar-refractivity contribution in [2.45, 2.75) is 38.6 Å². The Labute approximate surface area is 85.4 Å². The molecule has 0 bridgehead atoms. The van der Waals surface area contributed by atoms with E-state index in [-0.39, 0.29) is 23.9 Å². The zero-order valence-corrected chi connectivity index (χ0v) is 9.24. The molecule has 78 valence electrons. The second-order valence-corrected chi connectivity index (χ2v) is 4.13. The van der Waals surface area contributed by atoms with Crippen LogP contribution in [0.5, 0.6) is 0 Å². The van der Waals surface area contributed by atoms with Crippen molar-refractivity contribution >= 4 is 18.4 Å². The molecule has 0 aromatic rings. The topological polar surface area (TPSA) is 52.3 Å². The van der Waals surface area contributed by atoms with Crippen molar-refractivity contribution in [1.82, 2.24) is 0 Å². The van der Waals surface area contributed by atoms with E-state index in [1.165, 1.54) is 7.11 Å². The smallest absolute Gasteiger partial charge is 0.313 e. The van der Waals surface area contributed by atoms with Crippen LogP contribution in [0.25, 0.3) is 0 Å². The number of ether oxygens (including phenoxy) is 1. The first kappa shape index (κ1) is 12.7. The Morgan fingerprint density at radius 1 is 1.46 bits per heavy atom. The third-order valence-corrected chi connectivity index (χ3v) is 3.19. The number of carbonyl (C=O) groups is 1. The van der Waals surface area contributed by atoms with Gasteiger partial charge in [-0.1, -0.05) is 0 Å². The molecule has 1 rings (SSSR count). The summed E-state index contributed by atoms with van der Waals surface area (Å²) in [6, 6.07) is 0. The molecule has 0 radical (unpaired) electrons. The summed E-state index contributed by atoms with van der Waals surface area (Å²) in [6.07, 6.45) is 2.97. The highest BCUT2D eigenvalue weighted by Crippen LogP contribution is 2.44. The van der Waals surface area contributed by atoms with Crippen LogP contribution in [0.15, 0.2) is 0 Å². The van der Waals surface area contributed by atoms with Crippen molar-refractivity contribution in [3.63, 3.8) is 0 Å². The van der Waals surface area contributed by atoms with Crippen LogP contribution in [-0.2, 0) is 9.53 Å². The van der Waals surface area contributed by atoms with E-state index in [4.69, 9.17) is 10.5 Å². The molecule has 3 nitrogen and oxygen atoms in total. The van der Waals surface area contributed by atoms with Gasteiger partial charge >= 0.3 is 5.97 Å². The molecule has 0 saturated heterocycles. The van der Waals surface area contributed by atoms with E-state index in [0.29, 0.717) is 0 Å². The lowest BCUT2D eigenvalue weighted by atomic mass is 9.61. The molecular formula is C9H18ClNO2. The number of halogens is 1. The number of nitrogens with two attached hydrogens (primary N) is 1. The molecule has 0 aromatic heterocycles. The number of hydrogen-bond donors (Lipinski definition) is 1. The minimum atomic E-state index is -0.542. The van der Waals surface area contributed by atoms with Crippen molar-refractivity contribution in [3.8, 4) is 0 Å². The number of hydrogen-bond acceptors (Lipinski definition) is 3. The Bertz CT molecular complexity index is 200. The van der Waals surface area contributed by atoms with Gasteiger partial charge in [-0.25, -0.2) is 0 Å². The summed E-state index contributed by atoms with van der Waals surface area (Å²) in [7, 11) is 1.41. The van der Waals surface area contributed by atoms with Crippen LogP contribution in [0.2, 0.25) is 0 Å². The average Bonchev–Trinajstić information content (AvgIpc) is 1.98. The highest BCUT2D eigenvalue weighted by molar-refractivity contribution is 5.85. The van der Waals surface area contributed by atoms with E-state index < -0.39 is 5.41 Å². The quantitative estimate of drug-likeness (QED) is 0.699. The average molecular weight is 208 g/mol. The van der Waals surface area contributed by atoms with Crippen molar-refractivity contribution in [1.29, 1.82) is 0 Å². The normalized spacial score (nSPS) is 19.7. The first-order valence-corrected chi connectivity index (χ1v) is 4.31. The van der Waals surface area contributed by atoms with Crippen LogP contribution in [0.4, 0.5) is 0 Å². The highest BCUT2D eigenvalue weighted by atomic mass is 35.5. The van der Waals surface area contributed by atoms with Gasteiger partial charge in [-0.3, -0.25) is 4.79 Å². The number of esters is 1. The van der Waals surface area contributed by atoms with Gasteiger partial charge in [0.1, 0.15) is 0 Å². The predicted molar refractivity (Wildman–Crippen MR) is 53.8 cm³/mol. The fourth-order valence-electron chi connectivity index (χ4n) is 1.64. The molecule has 1 aliphatic rings. The molecule has 0 aromatic carbocycles. The van der Waals surface area contributed by atoms with Crippen LogP contribution in [0, 0.1) is 5.41 Å². The van der Waals surface area contributed by atoms with E-state index in [1.54, 1.807) is 0 Å². The van der Waals surface area contributed by atoms with Gasteiger partial charge in [-0.15, -0.1) is 12.4 Å². The minimum Gasteiger partial charge on any atom is -0.469 e. The fourth-order valence-corrected chi connectivity index (χ4v) is 1.64. The number of rotatable bonds is 2. The molecule has 0 aliphatic heterocycles. The summed E-state index contributed by atoms with van der Waals surface area (Å²) in [4.78, 5) is 11.4. The zero-order chi connectivity index (χ0) is 9.41. The molecule has 1 fully saturated rings. The fraction of sp³-hybridized carbons (Fsp3) is 0.889. The lowest BCUT2D eigenvalue weighted by Gasteiger charge is -2.48. The molecule has 0 unspecified atom stereocenters. The Kier molecular flexibility index (Phi) is 3.76. The Balaban J connectivity index is 0.00000144. The van der Waals surface area contributed by atoms with Crippen LogP contribution in [0.1, 0.15) is 33.1 Å². The largest absolute Gasteiger partial charge is 0.469 e. The summed E-state index contributed by atoms with van der Waals surface area (Å²) < 4.78 is 4.72. The monoisotopic (exact) mass is 207 g/mol. The summed E-state index contributed by atoms with van der Waals surface area (Å²) in [5.41, 5.74) is 5.18. The van der Waals surface area contributed by atoms with Gasteiger partial charge in [0, 0.05) is 5.54 Å². The third kappa shape index (κ3) is 1.81. The molecule has 1 aliphatic carbocycles. The molecule has 0 spiro atoms. The number of carbonyl (C=O) groups excluding carboxylic acids is 1. The molecular weight excluding hydrogens is 190 g/mol. The van der Waals surface area contributed by atoms with E-state index >= 15 is 0 Å². The van der Waals surface area contributed by atoms with Crippen molar-refractivity contribution in [2.75, 3.05) is 7.11 Å². The molecule has 0 amide bonds. The maximum absolute atomic E-state index is 11.4. The zero-order valence-electron chi connectivity index (χ0n) is 8.42. The van der Waals surface area contributed by atoms with Crippen LogP contribution < -0.4 is 5.73 Å². The summed E-state index contributed by atoms with van der Waals surface area (Å²) >= 11 is 0. The first-order chi connectivity index (χ1) is 5.44. The van der Waals surface area contributed by atoms with Gasteiger partial charge in [0.2, 0.25) is 0 Å². The molecule has 0 atom stereocenters. The second-order valence-electron chi connectivity index (χ2n) is 4.13. The van der Waals surface area contributed by atoms with Gasteiger partial charge in [0.25, 0.3) is 0 Å². The molecule has 4 heteroatoms. The summed E-state index contributed by atoms with van der Waals surface area (Å²) in [5.74, 6) is -0.204. The van der Waals surface area contributed by atoms with Gasteiger partial charge in [-0.05, 0) is 33.1 Å². The molecule has 1 saturated carbocycles. The van der Waals surface area contributed by atoms with E-state index in [9.17, 15) is 4.79 Å². The number of methoxy groups -OCH3 is 1. The van der Waals surface area contributed by atoms with E-state index in [1.807, 2.05) is 13.8 Å². The third-order valence-electron chi connectivity index (χ3n) is 3.19. The van der Waals surface area contributed by atoms with Gasteiger partial charge in [0.15, 0.2) is 0 Å². The first-order valence-electron chi connectivity index (χ1n) is 4.31. The van der Waals surface area contributed by atoms with Crippen LogP contribution in [0.3, 0.4) is 0 Å². The molecule has 0 heterocycles. The maximum Gasteiger partial charge on any atom is 0.313 e. The van der Waals surface area contributed by atoms with Crippen molar-refractivity contribution in [2.24, 2.45) is 11.1 Å². The van der Waals surface area contributed by atoms with Crippen LogP contribution >= 0.6 is 12.4 Å². The Hall–Kier alpha value is -0.280. The Morgan fingerprint density at radius 2 is 1.92 bits per heavy atom. The SMILES string of the molecule is COC(=O)C(C)(C)C1(N)CCC1.Cl. The maximum atomic E-state index is 11.4. The molecule has 13 heavy (non-hydrogen) atoms. The van der Waals surface area contributed by atoms with E-state index in [2.05, 4.69) is 0 Å². The van der Waals surface area contributed by atoms with Gasteiger partial charge in [0.05, 0.1) is 12.5 Å². The van der Waals surface area contributed by atoms with Crippen molar-refractivity contribution < 1.29 is 9.53 Å². The standard InChI is InChI=1S/C9H17NO2.ClH/c1-8(2,7(11)12-3)9(10)5-4-6-9;/h4-6,10H2,1-3H3;1H. The second kappa shape index (κ2) is 3.84. The lowest BCUT2D eigenvalue weighted by Crippen LogP contribution is -2.61. The van der Waals surface area contributed by atoms with Gasteiger partial charge in [-0.2, -0.15) is 0 Å². The van der Waals surface area contributed by atoms with Crippen LogP contribution in [-0.4, -0.2) is 18.6 Å². The predicted octanol–water partition coefficient (Wildman–Crippen LogP) is 1.49. The van der Waals surface area contributed by atoms with E-state index in [0.717, 1.165) is 19.3 Å².